The summed E-state index contributed by atoms with van der Waals surface area (Å²) in [6.07, 6.45) is 0. The van der Waals surface area contributed by atoms with Crippen LogP contribution in [-0.2, 0) is 0 Å². The summed E-state index contributed by atoms with van der Waals surface area (Å²) in [6, 6.07) is 27.0. The zero-order valence-electron chi connectivity index (χ0n) is 13.4. The third kappa shape index (κ3) is 5.10. The van der Waals surface area contributed by atoms with E-state index in [1.165, 1.54) is 4.46 Å². The fourth-order valence-corrected chi connectivity index (χ4v) is 4.07. The van der Waals surface area contributed by atoms with E-state index in [-0.39, 0.29) is 20.9 Å². The number of hydrazine groups is 1. The number of hydrogen-bond donors (Lipinski definition) is 1. The zero-order valence-corrected chi connectivity index (χ0v) is 15.9. The third-order valence-electron chi connectivity index (χ3n) is 3.51. The molecule has 5 heteroatoms. The van der Waals surface area contributed by atoms with Crippen LogP contribution in [0.4, 0.5) is 5.69 Å². The van der Waals surface area contributed by atoms with Crippen molar-refractivity contribution in [1.82, 2.24) is 5.43 Å². The quantitative estimate of drug-likeness (QED) is 0.494. The molecule has 0 unspecified atom stereocenters. The van der Waals surface area contributed by atoms with E-state index >= 15 is 0 Å². The molecule has 0 spiro atoms. The molecule has 1 amide bonds. The van der Waals surface area contributed by atoms with E-state index in [4.69, 9.17) is 11.6 Å². The van der Waals surface area contributed by atoms with Crippen molar-refractivity contribution in [2.24, 2.45) is 0 Å². The molecule has 0 aromatic heterocycles. The van der Waals surface area contributed by atoms with Crippen LogP contribution in [-0.4, -0.2) is 26.3 Å². The van der Waals surface area contributed by atoms with Gasteiger partial charge >= 0.3 is 159 Å². The molecule has 3 rings (SSSR count). The number of nitrogens with one attached hydrogen (secondary N) is 1. The van der Waals surface area contributed by atoms with Gasteiger partial charge in [0.05, 0.1) is 0 Å². The van der Waals surface area contributed by atoms with Gasteiger partial charge in [-0.05, 0) is 0 Å². The van der Waals surface area contributed by atoms with Crippen molar-refractivity contribution in [3.63, 3.8) is 0 Å². The summed E-state index contributed by atoms with van der Waals surface area (Å²) in [5.41, 5.74) is 5.34. The monoisotopic (exact) mass is 416 g/mol. The van der Waals surface area contributed by atoms with E-state index in [0.29, 0.717) is 5.56 Å². The molecule has 0 heterocycles. The standard InChI is InChI=1S/C20H17ClN2OSe/c21-17-11-13-19(14-12-17)25-15-23(18-9-5-2-6-10-18)22-20(24)16-7-3-1-4-8-16/h1-14H,15H2,(H,22,24). The topological polar surface area (TPSA) is 32.3 Å². The summed E-state index contributed by atoms with van der Waals surface area (Å²) in [6.45, 7) is 0. The molecule has 1 N–H and O–H groups in total. The van der Waals surface area contributed by atoms with Gasteiger partial charge in [-0.2, -0.15) is 0 Å². The number of amides is 1. The van der Waals surface area contributed by atoms with Crippen molar-refractivity contribution in [3.8, 4) is 0 Å². The van der Waals surface area contributed by atoms with Gasteiger partial charge in [0.15, 0.2) is 0 Å². The second-order valence-electron chi connectivity index (χ2n) is 5.30. The second kappa shape index (κ2) is 8.72. The zero-order chi connectivity index (χ0) is 17.5. The summed E-state index contributed by atoms with van der Waals surface area (Å²) in [7, 11) is 0. The van der Waals surface area contributed by atoms with E-state index in [1.807, 2.05) is 89.9 Å². The molecule has 0 atom stereocenters. The number of rotatable bonds is 6. The average Bonchev–Trinajstić information content (AvgIpc) is 2.67. The van der Waals surface area contributed by atoms with Crippen LogP contribution in [0.25, 0.3) is 0 Å². The van der Waals surface area contributed by atoms with Crippen molar-refractivity contribution < 1.29 is 4.79 Å². The van der Waals surface area contributed by atoms with Gasteiger partial charge in [-0.3, -0.25) is 0 Å². The number of nitrogens with zero attached hydrogens (tertiary/aromatic N) is 1. The maximum absolute atomic E-state index is 12.5. The molecule has 0 aliphatic rings. The van der Waals surface area contributed by atoms with Gasteiger partial charge in [-0.1, -0.05) is 0 Å². The maximum atomic E-state index is 12.5. The van der Waals surface area contributed by atoms with Crippen molar-refractivity contribution in [1.29, 1.82) is 0 Å². The molecule has 0 aliphatic carbocycles. The summed E-state index contributed by atoms with van der Waals surface area (Å²) in [5.74, 6) is -0.114. The van der Waals surface area contributed by atoms with Gasteiger partial charge in [-0.15, -0.1) is 0 Å². The Morgan fingerprint density at radius 2 is 1.48 bits per heavy atom. The first kappa shape index (κ1) is 17.6. The number of benzene rings is 3. The molecule has 3 aromatic rings. The van der Waals surface area contributed by atoms with Crippen LogP contribution in [0.5, 0.6) is 0 Å². The van der Waals surface area contributed by atoms with Crippen LogP contribution < -0.4 is 14.9 Å². The fraction of sp³-hybridized carbons (Fsp3) is 0.0500. The van der Waals surface area contributed by atoms with Crippen LogP contribution in [0.2, 0.25) is 5.02 Å². The molecule has 3 aromatic carbocycles. The fourth-order valence-electron chi connectivity index (χ4n) is 2.23. The molecular formula is C20H17ClN2OSe. The Labute approximate surface area is 158 Å². The van der Waals surface area contributed by atoms with Crippen molar-refractivity contribution in [3.05, 3.63) is 95.5 Å². The minimum atomic E-state index is -0.114. The van der Waals surface area contributed by atoms with E-state index in [9.17, 15) is 4.79 Å². The van der Waals surface area contributed by atoms with E-state index in [1.54, 1.807) is 0 Å². The Morgan fingerprint density at radius 3 is 2.12 bits per heavy atom. The Morgan fingerprint density at radius 1 is 0.880 bits per heavy atom. The number of carbonyl (C=O) groups excluding carboxylic acids is 1. The summed E-state index contributed by atoms with van der Waals surface area (Å²) in [5, 5.41) is 2.64. The molecule has 126 valence electrons. The molecule has 25 heavy (non-hydrogen) atoms. The summed E-state index contributed by atoms with van der Waals surface area (Å²) in [4.78, 5) is 12.5. The van der Waals surface area contributed by atoms with Gasteiger partial charge in [0.2, 0.25) is 0 Å². The van der Waals surface area contributed by atoms with Gasteiger partial charge < -0.3 is 0 Å². The van der Waals surface area contributed by atoms with Crippen LogP contribution in [0.15, 0.2) is 84.9 Å². The molecular weight excluding hydrogens is 399 g/mol. The van der Waals surface area contributed by atoms with Crippen molar-refractivity contribution >= 4 is 42.6 Å². The minimum absolute atomic E-state index is 0.114. The van der Waals surface area contributed by atoms with E-state index in [0.717, 1.165) is 16.2 Å². The first-order valence-corrected chi connectivity index (χ1v) is 10.2. The van der Waals surface area contributed by atoms with E-state index in [2.05, 4.69) is 5.43 Å². The number of hydrogen-bond acceptors (Lipinski definition) is 2. The van der Waals surface area contributed by atoms with Gasteiger partial charge in [0.1, 0.15) is 0 Å². The van der Waals surface area contributed by atoms with Gasteiger partial charge in [-0.25, -0.2) is 0 Å². The first-order valence-electron chi connectivity index (χ1n) is 7.79. The van der Waals surface area contributed by atoms with E-state index < -0.39 is 0 Å². The van der Waals surface area contributed by atoms with Crippen LogP contribution in [0.3, 0.4) is 0 Å². The number of anilines is 1. The molecule has 3 nitrogen and oxygen atoms in total. The normalized spacial score (nSPS) is 10.3. The molecule has 0 saturated heterocycles. The summed E-state index contributed by atoms with van der Waals surface area (Å²) >= 11 is 6.12. The van der Waals surface area contributed by atoms with Gasteiger partial charge in [0, 0.05) is 0 Å². The number of carbonyl (C=O) groups is 1. The number of para-hydroxylation sites is 1. The predicted octanol–water partition coefficient (Wildman–Crippen LogP) is 3.48. The molecule has 0 saturated carbocycles. The van der Waals surface area contributed by atoms with Crippen LogP contribution in [0.1, 0.15) is 10.4 Å². The predicted molar refractivity (Wildman–Crippen MR) is 105 cm³/mol. The number of halogens is 1. The molecule has 0 aliphatic heterocycles. The van der Waals surface area contributed by atoms with Crippen LogP contribution >= 0.6 is 11.6 Å². The molecule has 0 radical (unpaired) electrons. The van der Waals surface area contributed by atoms with Crippen LogP contribution in [0, 0.1) is 0 Å². The Bertz CT molecular complexity index is 810. The molecule has 0 fully saturated rings. The Hall–Kier alpha value is -2.26. The van der Waals surface area contributed by atoms with Crippen molar-refractivity contribution in [2.75, 3.05) is 10.5 Å². The second-order valence-corrected chi connectivity index (χ2v) is 7.87. The third-order valence-corrected chi connectivity index (χ3v) is 5.85. The molecule has 0 bridgehead atoms. The SMILES string of the molecule is O=C(NN(C[Se]c1ccc(Cl)cc1)c1ccccc1)c1ccccc1. The van der Waals surface area contributed by atoms with Gasteiger partial charge in [0.25, 0.3) is 0 Å². The average molecular weight is 416 g/mol. The Balaban J connectivity index is 1.73. The first-order chi connectivity index (χ1) is 12.2. The van der Waals surface area contributed by atoms with Crippen molar-refractivity contribution in [2.45, 2.75) is 0 Å². The summed E-state index contributed by atoms with van der Waals surface area (Å²) < 4.78 is 1.23. The Kier molecular flexibility index (Phi) is 6.13.